The van der Waals surface area contributed by atoms with Crippen molar-refractivity contribution in [3.63, 3.8) is 0 Å². The summed E-state index contributed by atoms with van der Waals surface area (Å²) in [6, 6.07) is 0. The second-order valence-corrected chi connectivity index (χ2v) is 10.5. The van der Waals surface area contributed by atoms with E-state index in [1.807, 2.05) is 0 Å². The molecule has 7 atom stereocenters. The van der Waals surface area contributed by atoms with Crippen LogP contribution in [0.1, 0.15) is 81.1 Å². The molecule has 7 nitrogen and oxygen atoms in total. The highest BCUT2D eigenvalue weighted by molar-refractivity contribution is 5.82. The van der Waals surface area contributed by atoms with E-state index in [9.17, 15) is 14.7 Å². The van der Waals surface area contributed by atoms with Crippen molar-refractivity contribution in [3.05, 3.63) is 34.9 Å². The first-order valence-corrected chi connectivity index (χ1v) is 12.7. The highest BCUT2D eigenvalue weighted by Crippen LogP contribution is 2.33. The van der Waals surface area contributed by atoms with Crippen LogP contribution < -0.4 is 0 Å². The zero-order chi connectivity index (χ0) is 26.3. The largest absolute Gasteiger partial charge is 0.453 e. The molecule has 0 radical (unpaired) electrons. The van der Waals surface area contributed by atoms with Crippen molar-refractivity contribution >= 4 is 11.9 Å². The molecule has 1 aliphatic heterocycles. The van der Waals surface area contributed by atoms with E-state index < -0.39 is 42.6 Å². The van der Waals surface area contributed by atoms with Gasteiger partial charge in [-0.1, -0.05) is 42.7 Å². The van der Waals surface area contributed by atoms with Crippen LogP contribution in [0.5, 0.6) is 0 Å². The molecule has 0 saturated carbocycles. The van der Waals surface area contributed by atoms with E-state index in [2.05, 4.69) is 39.8 Å². The molecule has 0 spiro atoms. The van der Waals surface area contributed by atoms with Crippen molar-refractivity contribution in [3.8, 4) is 0 Å². The van der Waals surface area contributed by atoms with Gasteiger partial charge in [-0.15, -0.1) is 0 Å². The van der Waals surface area contributed by atoms with Crippen molar-refractivity contribution in [1.82, 2.24) is 0 Å². The minimum absolute atomic E-state index is 0.196. The Morgan fingerprint density at radius 1 is 1.09 bits per heavy atom. The van der Waals surface area contributed by atoms with Gasteiger partial charge in [0.15, 0.2) is 18.5 Å². The highest BCUT2D eigenvalue weighted by atomic mass is 16.7. The number of hydrogen-bond acceptors (Lipinski definition) is 7. The maximum atomic E-state index is 12.4. The van der Waals surface area contributed by atoms with Gasteiger partial charge in [0.05, 0.1) is 12.2 Å². The molecule has 0 aromatic heterocycles. The predicted octanol–water partition coefficient (Wildman–Crippen LogP) is 5.03. The third kappa shape index (κ3) is 8.89. The molecule has 1 saturated heterocycles. The lowest BCUT2D eigenvalue weighted by molar-refractivity contribution is -0.308. The molecule has 1 heterocycles. The summed E-state index contributed by atoms with van der Waals surface area (Å²) in [7, 11) is 0. The lowest BCUT2D eigenvalue weighted by atomic mass is 9.83. The lowest BCUT2D eigenvalue weighted by Gasteiger charge is -2.44. The number of carbonyl (C=O) groups is 2. The average Bonchev–Trinajstić information content (AvgIpc) is 2.72. The summed E-state index contributed by atoms with van der Waals surface area (Å²) >= 11 is 0. The minimum Gasteiger partial charge on any atom is -0.453 e. The number of aliphatic hydroxyl groups excluding tert-OH is 1. The number of aliphatic hydroxyl groups is 1. The number of esters is 2. The predicted molar refractivity (Wildman–Crippen MR) is 134 cm³/mol. The first-order chi connectivity index (χ1) is 16.4. The maximum Gasteiger partial charge on any atom is 0.331 e. The van der Waals surface area contributed by atoms with Gasteiger partial charge in [-0.25, -0.2) is 4.79 Å². The van der Waals surface area contributed by atoms with Crippen LogP contribution in [0.3, 0.4) is 0 Å². The van der Waals surface area contributed by atoms with Crippen molar-refractivity contribution in [1.29, 1.82) is 0 Å². The summed E-state index contributed by atoms with van der Waals surface area (Å²) in [6.45, 7) is 15.1. The van der Waals surface area contributed by atoms with Gasteiger partial charge in [0.2, 0.25) is 0 Å². The number of rotatable bonds is 6. The van der Waals surface area contributed by atoms with E-state index in [4.69, 9.17) is 18.9 Å². The van der Waals surface area contributed by atoms with E-state index in [1.54, 1.807) is 20.8 Å². The van der Waals surface area contributed by atoms with Gasteiger partial charge >= 0.3 is 11.9 Å². The molecule has 0 bridgehead atoms. The van der Waals surface area contributed by atoms with Crippen LogP contribution in [0.4, 0.5) is 0 Å². The van der Waals surface area contributed by atoms with Gasteiger partial charge in [0, 0.05) is 13.0 Å². The Labute approximate surface area is 210 Å². The van der Waals surface area contributed by atoms with Gasteiger partial charge in [-0.3, -0.25) is 4.79 Å². The Morgan fingerprint density at radius 2 is 1.77 bits per heavy atom. The van der Waals surface area contributed by atoms with E-state index in [-0.39, 0.29) is 12.0 Å². The summed E-state index contributed by atoms with van der Waals surface area (Å²) in [5, 5.41) is 10.8. The molecule has 1 aliphatic carbocycles. The van der Waals surface area contributed by atoms with Crippen LogP contribution in [0.25, 0.3) is 0 Å². The Morgan fingerprint density at radius 3 is 2.37 bits per heavy atom. The Kier molecular flexibility index (Phi) is 11.2. The van der Waals surface area contributed by atoms with Crippen molar-refractivity contribution in [2.24, 2.45) is 11.8 Å². The smallest absolute Gasteiger partial charge is 0.331 e. The van der Waals surface area contributed by atoms with Crippen molar-refractivity contribution in [2.45, 2.75) is 118 Å². The van der Waals surface area contributed by atoms with E-state index >= 15 is 0 Å². The first kappa shape index (κ1) is 29.3. The Bertz CT molecular complexity index is 821. The summed E-state index contributed by atoms with van der Waals surface area (Å²) in [6.07, 6.45) is 4.24. The van der Waals surface area contributed by atoms with Crippen LogP contribution in [0, 0.1) is 11.8 Å². The van der Waals surface area contributed by atoms with Gasteiger partial charge in [-0.05, 0) is 72.1 Å². The molecule has 35 heavy (non-hydrogen) atoms. The normalized spacial score (nSPS) is 32.2. The SMILES string of the molecule is CC(=O)OC1C(OC2C=C(C)CCC=C(C)CCC2C(C)C)OC(C)C(O)C1OC(=O)C=C(C)C. The molecule has 1 fully saturated rings. The van der Waals surface area contributed by atoms with E-state index in [1.165, 1.54) is 24.1 Å². The van der Waals surface area contributed by atoms with Gasteiger partial charge in [0.1, 0.15) is 6.10 Å². The van der Waals surface area contributed by atoms with Crippen LogP contribution in [-0.4, -0.2) is 53.9 Å². The molecule has 0 aromatic carbocycles. The summed E-state index contributed by atoms with van der Waals surface area (Å²) in [5.41, 5.74) is 3.34. The average molecular weight is 493 g/mol. The molecule has 7 unspecified atom stereocenters. The maximum absolute atomic E-state index is 12.4. The zero-order valence-corrected chi connectivity index (χ0v) is 22.6. The summed E-state index contributed by atoms with van der Waals surface area (Å²) < 4.78 is 23.7. The molecule has 2 rings (SSSR count). The standard InChI is InChI=1S/C28H44O7/c1-16(2)14-24(30)35-26-25(31)20(7)32-28(27(26)33-21(8)29)34-23-15-19(6)11-9-10-18(5)12-13-22(23)17(3)4/h10,14-15,17,20,22-23,25-28,31H,9,11-13H2,1-8H3. The number of carbonyl (C=O) groups excluding carboxylic acids is 2. The topological polar surface area (TPSA) is 91.3 Å². The zero-order valence-electron chi connectivity index (χ0n) is 22.6. The van der Waals surface area contributed by atoms with E-state index in [0.717, 1.165) is 31.3 Å². The van der Waals surface area contributed by atoms with Crippen LogP contribution in [-0.2, 0) is 28.5 Å². The summed E-state index contributed by atoms with van der Waals surface area (Å²) in [4.78, 5) is 24.4. The molecule has 7 heteroatoms. The van der Waals surface area contributed by atoms with Crippen LogP contribution in [0.15, 0.2) is 34.9 Å². The number of ether oxygens (including phenoxy) is 4. The summed E-state index contributed by atoms with van der Waals surface area (Å²) in [5.74, 6) is -0.657. The second-order valence-electron chi connectivity index (χ2n) is 10.5. The molecule has 0 aromatic rings. The molecule has 198 valence electrons. The van der Waals surface area contributed by atoms with E-state index in [0.29, 0.717) is 5.92 Å². The minimum atomic E-state index is -1.18. The van der Waals surface area contributed by atoms with Crippen molar-refractivity contribution in [2.75, 3.05) is 0 Å². The molecule has 2 aliphatic rings. The fourth-order valence-electron chi connectivity index (χ4n) is 4.65. The van der Waals surface area contributed by atoms with Gasteiger partial charge in [0.25, 0.3) is 0 Å². The fraction of sp³-hybridized carbons (Fsp3) is 0.714. The second kappa shape index (κ2) is 13.4. The highest BCUT2D eigenvalue weighted by Gasteiger charge is 2.49. The molecular formula is C28H44O7. The Hall–Kier alpha value is -1.96. The quantitative estimate of drug-likeness (QED) is 0.316. The number of allylic oxidation sites excluding steroid dienone is 4. The Balaban J connectivity index is 2.40. The first-order valence-electron chi connectivity index (χ1n) is 12.7. The molecule has 1 N–H and O–H groups in total. The van der Waals surface area contributed by atoms with Crippen molar-refractivity contribution < 1.29 is 33.6 Å². The third-order valence-electron chi connectivity index (χ3n) is 6.64. The third-order valence-corrected chi connectivity index (χ3v) is 6.64. The van der Waals surface area contributed by atoms with Crippen LogP contribution >= 0.6 is 0 Å². The number of hydrogen-bond donors (Lipinski definition) is 1. The van der Waals surface area contributed by atoms with Gasteiger partial charge < -0.3 is 24.1 Å². The molecular weight excluding hydrogens is 448 g/mol. The lowest BCUT2D eigenvalue weighted by Crippen LogP contribution is -2.60. The fourth-order valence-corrected chi connectivity index (χ4v) is 4.65. The molecule has 0 amide bonds. The van der Waals surface area contributed by atoms with Gasteiger partial charge in [-0.2, -0.15) is 0 Å². The monoisotopic (exact) mass is 492 g/mol. The van der Waals surface area contributed by atoms with Crippen LogP contribution in [0.2, 0.25) is 0 Å².